The van der Waals surface area contributed by atoms with Gasteiger partial charge < -0.3 is 0 Å². The smallest absolute Gasteiger partial charge is 0.157 e. The first kappa shape index (κ1) is 12.1. The average molecular weight is 231 g/mol. The fourth-order valence-corrected chi connectivity index (χ4v) is 1.84. The Kier molecular flexibility index (Phi) is 2.53. The first-order valence-corrected chi connectivity index (χ1v) is 6.05. The van der Waals surface area contributed by atoms with Crippen LogP contribution in [-0.4, -0.2) is 14.6 Å². The van der Waals surface area contributed by atoms with Crippen molar-refractivity contribution >= 4 is 5.65 Å². The van der Waals surface area contributed by atoms with Crippen LogP contribution in [0.15, 0.2) is 18.5 Å². The van der Waals surface area contributed by atoms with Crippen molar-refractivity contribution in [1.29, 1.82) is 0 Å². The summed E-state index contributed by atoms with van der Waals surface area (Å²) in [4.78, 5) is 4.41. The third-order valence-electron chi connectivity index (χ3n) is 2.94. The Balaban J connectivity index is 2.76. The molecule has 0 N–H and O–H groups in total. The van der Waals surface area contributed by atoms with Crippen molar-refractivity contribution < 1.29 is 0 Å². The van der Waals surface area contributed by atoms with E-state index in [1.165, 1.54) is 5.56 Å². The van der Waals surface area contributed by atoms with Gasteiger partial charge in [0.25, 0.3) is 0 Å². The summed E-state index contributed by atoms with van der Waals surface area (Å²) in [6.45, 7) is 13.2. The van der Waals surface area contributed by atoms with Gasteiger partial charge in [0.05, 0.1) is 5.69 Å². The maximum absolute atomic E-state index is 4.63. The van der Waals surface area contributed by atoms with Crippen molar-refractivity contribution in [1.82, 2.24) is 14.6 Å². The molecule has 0 amide bonds. The standard InChI is InChI=1S/C14H21N3/c1-13(2,3)10-9-11(14(4,5)6)16-17-8-7-15-12(10)17/h7-9H,1-6H3. The second kappa shape index (κ2) is 3.56. The van der Waals surface area contributed by atoms with Crippen molar-refractivity contribution in [2.45, 2.75) is 52.4 Å². The zero-order valence-corrected chi connectivity index (χ0v) is 11.6. The van der Waals surface area contributed by atoms with Gasteiger partial charge in [0.15, 0.2) is 5.65 Å². The average Bonchev–Trinajstić information content (AvgIpc) is 2.59. The fraction of sp³-hybridized carbons (Fsp3) is 0.571. The Labute approximate surface area is 103 Å². The van der Waals surface area contributed by atoms with E-state index in [9.17, 15) is 0 Å². The lowest BCUT2D eigenvalue weighted by Crippen LogP contribution is -2.20. The van der Waals surface area contributed by atoms with Gasteiger partial charge in [-0.05, 0) is 11.5 Å². The molecule has 0 saturated heterocycles. The number of aromatic nitrogens is 3. The highest BCUT2D eigenvalue weighted by atomic mass is 15.2. The van der Waals surface area contributed by atoms with E-state index >= 15 is 0 Å². The maximum Gasteiger partial charge on any atom is 0.157 e. The number of rotatable bonds is 0. The summed E-state index contributed by atoms with van der Waals surface area (Å²) in [5.74, 6) is 0. The highest BCUT2D eigenvalue weighted by Crippen LogP contribution is 2.29. The van der Waals surface area contributed by atoms with E-state index in [0.717, 1.165) is 11.3 Å². The lowest BCUT2D eigenvalue weighted by atomic mass is 9.84. The molecule has 2 rings (SSSR count). The van der Waals surface area contributed by atoms with Crippen molar-refractivity contribution in [3.8, 4) is 0 Å². The van der Waals surface area contributed by atoms with Crippen LogP contribution < -0.4 is 0 Å². The second-order valence-electron chi connectivity index (χ2n) is 6.64. The lowest BCUT2D eigenvalue weighted by Gasteiger charge is -2.24. The first-order chi connectivity index (χ1) is 7.69. The van der Waals surface area contributed by atoms with Crippen LogP contribution in [-0.2, 0) is 10.8 Å². The molecule has 2 aromatic heterocycles. The summed E-state index contributed by atoms with van der Waals surface area (Å²) in [7, 11) is 0. The molecule has 0 radical (unpaired) electrons. The van der Waals surface area contributed by atoms with E-state index in [2.05, 4.69) is 57.7 Å². The van der Waals surface area contributed by atoms with Crippen LogP contribution in [0.1, 0.15) is 52.8 Å². The topological polar surface area (TPSA) is 30.2 Å². The molecule has 0 aliphatic carbocycles. The Hall–Kier alpha value is -1.38. The van der Waals surface area contributed by atoms with E-state index in [-0.39, 0.29) is 10.8 Å². The molecule has 2 aromatic rings. The quantitative estimate of drug-likeness (QED) is 0.696. The minimum absolute atomic E-state index is 0.0540. The largest absolute Gasteiger partial charge is 0.235 e. The van der Waals surface area contributed by atoms with Crippen LogP contribution in [0.3, 0.4) is 0 Å². The number of hydrogen-bond donors (Lipinski definition) is 0. The highest BCUT2D eigenvalue weighted by Gasteiger charge is 2.24. The van der Waals surface area contributed by atoms with Gasteiger partial charge in [0, 0.05) is 23.4 Å². The van der Waals surface area contributed by atoms with Crippen molar-refractivity contribution in [2.75, 3.05) is 0 Å². The minimum atomic E-state index is 0.0540. The molecule has 0 fully saturated rings. The molecule has 3 nitrogen and oxygen atoms in total. The predicted octanol–water partition coefficient (Wildman–Crippen LogP) is 3.32. The molecule has 0 aliphatic heterocycles. The molecular formula is C14H21N3. The van der Waals surface area contributed by atoms with E-state index in [1.807, 2.05) is 16.9 Å². The third kappa shape index (κ3) is 2.19. The van der Waals surface area contributed by atoms with Gasteiger partial charge in [0.2, 0.25) is 0 Å². The Morgan fingerprint density at radius 2 is 1.65 bits per heavy atom. The van der Waals surface area contributed by atoms with Gasteiger partial charge >= 0.3 is 0 Å². The Morgan fingerprint density at radius 1 is 1.00 bits per heavy atom. The summed E-state index contributed by atoms with van der Waals surface area (Å²) < 4.78 is 1.89. The monoisotopic (exact) mass is 231 g/mol. The number of fused-ring (bicyclic) bond motifs is 1. The second-order valence-corrected chi connectivity index (χ2v) is 6.64. The Bertz CT molecular complexity index is 539. The zero-order valence-electron chi connectivity index (χ0n) is 11.6. The molecule has 0 atom stereocenters. The van der Waals surface area contributed by atoms with Crippen LogP contribution >= 0.6 is 0 Å². The molecule has 3 heteroatoms. The highest BCUT2D eigenvalue weighted by molar-refractivity contribution is 5.51. The zero-order chi connectivity index (χ0) is 12.8. The van der Waals surface area contributed by atoms with E-state index in [0.29, 0.717) is 0 Å². The van der Waals surface area contributed by atoms with Crippen LogP contribution in [0.2, 0.25) is 0 Å². The van der Waals surface area contributed by atoms with Crippen LogP contribution in [0.25, 0.3) is 5.65 Å². The van der Waals surface area contributed by atoms with Crippen LogP contribution in [0.4, 0.5) is 0 Å². The van der Waals surface area contributed by atoms with Crippen LogP contribution in [0, 0.1) is 0 Å². The summed E-state index contributed by atoms with van der Waals surface area (Å²) in [5, 5.41) is 4.63. The van der Waals surface area contributed by atoms with Gasteiger partial charge in [0.1, 0.15) is 0 Å². The van der Waals surface area contributed by atoms with Gasteiger partial charge in [-0.3, -0.25) is 0 Å². The molecule has 0 aromatic carbocycles. The van der Waals surface area contributed by atoms with Gasteiger partial charge in [-0.25, -0.2) is 9.50 Å². The van der Waals surface area contributed by atoms with Crippen molar-refractivity contribution in [3.05, 3.63) is 29.7 Å². The molecular weight excluding hydrogens is 210 g/mol. The van der Waals surface area contributed by atoms with E-state index in [1.54, 1.807) is 0 Å². The molecule has 0 bridgehead atoms. The maximum atomic E-state index is 4.63. The summed E-state index contributed by atoms with van der Waals surface area (Å²) >= 11 is 0. The summed E-state index contributed by atoms with van der Waals surface area (Å²) in [6, 6.07) is 2.20. The van der Waals surface area contributed by atoms with Gasteiger partial charge in [-0.2, -0.15) is 5.10 Å². The molecule has 0 unspecified atom stereocenters. The predicted molar refractivity (Wildman–Crippen MR) is 70.4 cm³/mol. The molecule has 0 spiro atoms. The van der Waals surface area contributed by atoms with Crippen LogP contribution in [0.5, 0.6) is 0 Å². The minimum Gasteiger partial charge on any atom is -0.235 e. The summed E-state index contributed by atoms with van der Waals surface area (Å²) in [5.41, 5.74) is 3.45. The lowest BCUT2D eigenvalue weighted by molar-refractivity contribution is 0.538. The number of hydrogen-bond acceptors (Lipinski definition) is 2. The first-order valence-electron chi connectivity index (χ1n) is 6.05. The van der Waals surface area contributed by atoms with Gasteiger partial charge in [-0.1, -0.05) is 41.5 Å². The molecule has 0 aliphatic rings. The molecule has 17 heavy (non-hydrogen) atoms. The molecule has 0 saturated carbocycles. The van der Waals surface area contributed by atoms with Gasteiger partial charge in [-0.15, -0.1) is 0 Å². The number of nitrogens with zero attached hydrogens (tertiary/aromatic N) is 3. The van der Waals surface area contributed by atoms with Crippen molar-refractivity contribution in [3.63, 3.8) is 0 Å². The number of imidazole rings is 1. The van der Waals surface area contributed by atoms with Crippen molar-refractivity contribution in [2.24, 2.45) is 0 Å². The third-order valence-corrected chi connectivity index (χ3v) is 2.94. The van der Waals surface area contributed by atoms with E-state index in [4.69, 9.17) is 0 Å². The SMILES string of the molecule is CC(C)(C)c1cc(C(C)(C)C)c2nccn2n1. The summed E-state index contributed by atoms with van der Waals surface area (Å²) in [6.07, 6.45) is 3.73. The van der Waals surface area contributed by atoms with E-state index < -0.39 is 0 Å². The Morgan fingerprint density at radius 3 is 2.18 bits per heavy atom. The normalized spacial score (nSPS) is 13.3. The molecule has 92 valence electrons. The fourth-order valence-electron chi connectivity index (χ4n) is 1.84. The molecule has 2 heterocycles.